The fourth-order valence-electron chi connectivity index (χ4n) is 2.70. The van der Waals surface area contributed by atoms with E-state index in [1.807, 2.05) is 0 Å². The molecule has 5 nitrogen and oxygen atoms in total. The summed E-state index contributed by atoms with van der Waals surface area (Å²) in [4.78, 5) is 6.36. The number of aromatic nitrogens is 1. The van der Waals surface area contributed by atoms with Gasteiger partial charge in [0.2, 0.25) is 10.0 Å². The zero-order valence-electron chi connectivity index (χ0n) is 11.4. The van der Waals surface area contributed by atoms with Crippen molar-refractivity contribution in [3.05, 3.63) is 21.9 Å². The number of pyridine rings is 1. The minimum absolute atomic E-state index is 0.00103. The quantitative estimate of drug-likeness (QED) is 0.797. The van der Waals surface area contributed by atoms with E-state index in [0.29, 0.717) is 4.47 Å². The molecule has 8 heteroatoms. The number of hydrogen-bond donors (Lipinski definition) is 1. The molecule has 1 saturated heterocycles. The molecule has 3 rings (SSSR count). The summed E-state index contributed by atoms with van der Waals surface area (Å²) in [5, 5.41) is 0.00103. The lowest BCUT2D eigenvalue weighted by Crippen LogP contribution is -2.45. The van der Waals surface area contributed by atoms with Gasteiger partial charge in [-0.3, -0.25) is 0 Å². The van der Waals surface area contributed by atoms with Crippen molar-refractivity contribution in [2.75, 3.05) is 13.1 Å². The van der Waals surface area contributed by atoms with Gasteiger partial charge in [-0.25, -0.2) is 18.1 Å². The van der Waals surface area contributed by atoms with Gasteiger partial charge in [-0.15, -0.1) is 0 Å². The van der Waals surface area contributed by atoms with Crippen LogP contribution in [-0.4, -0.2) is 43.5 Å². The topological polar surface area (TPSA) is 62.3 Å². The third kappa shape index (κ3) is 3.76. The highest BCUT2D eigenvalue weighted by molar-refractivity contribution is 9.10. The maximum Gasteiger partial charge on any atom is 0.243 e. The monoisotopic (exact) mass is 393 g/mol. The van der Waals surface area contributed by atoms with Gasteiger partial charge in [-0.2, -0.15) is 0 Å². The SMILES string of the molecule is O=S(=O)(NC1CCN(C2CC2)CC1)c1cc(Br)cnc1Cl. The van der Waals surface area contributed by atoms with Crippen molar-refractivity contribution in [3.8, 4) is 0 Å². The van der Waals surface area contributed by atoms with Crippen LogP contribution in [-0.2, 0) is 10.0 Å². The van der Waals surface area contributed by atoms with Gasteiger partial charge in [-0.1, -0.05) is 11.6 Å². The highest BCUT2D eigenvalue weighted by atomic mass is 79.9. The Morgan fingerprint density at radius 1 is 1.29 bits per heavy atom. The van der Waals surface area contributed by atoms with E-state index < -0.39 is 10.0 Å². The van der Waals surface area contributed by atoms with Crippen LogP contribution in [0.3, 0.4) is 0 Å². The van der Waals surface area contributed by atoms with Crippen LogP contribution >= 0.6 is 27.5 Å². The highest BCUT2D eigenvalue weighted by Gasteiger charge is 2.33. The highest BCUT2D eigenvalue weighted by Crippen LogP contribution is 2.30. The van der Waals surface area contributed by atoms with E-state index in [4.69, 9.17) is 11.6 Å². The predicted octanol–water partition coefficient (Wildman–Crippen LogP) is 2.40. The Bertz CT molecular complexity index is 628. The molecule has 116 valence electrons. The second-order valence-corrected chi connectivity index (χ2v) is 8.56. The molecule has 2 fully saturated rings. The summed E-state index contributed by atoms with van der Waals surface area (Å²) in [6.07, 6.45) is 5.74. The van der Waals surface area contributed by atoms with Crippen molar-refractivity contribution in [3.63, 3.8) is 0 Å². The lowest BCUT2D eigenvalue weighted by atomic mass is 10.1. The molecule has 0 unspecified atom stereocenters. The molecule has 0 radical (unpaired) electrons. The first-order valence-corrected chi connectivity index (χ1v) is 9.68. The summed E-state index contributed by atoms with van der Waals surface area (Å²) in [6.45, 7) is 1.92. The molecule has 1 saturated carbocycles. The van der Waals surface area contributed by atoms with Gasteiger partial charge in [0.15, 0.2) is 0 Å². The number of hydrogen-bond acceptors (Lipinski definition) is 4. The Morgan fingerprint density at radius 3 is 2.57 bits per heavy atom. The summed E-state index contributed by atoms with van der Waals surface area (Å²) in [7, 11) is -3.63. The van der Waals surface area contributed by atoms with Crippen molar-refractivity contribution < 1.29 is 8.42 Å². The first-order valence-electron chi connectivity index (χ1n) is 7.03. The molecule has 0 spiro atoms. The average molecular weight is 395 g/mol. The van der Waals surface area contributed by atoms with Gasteiger partial charge >= 0.3 is 0 Å². The van der Waals surface area contributed by atoms with Gasteiger partial charge in [0.05, 0.1) is 0 Å². The molecule has 0 bridgehead atoms. The summed E-state index contributed by atoms with van der Waals surface area (Å²) in [5.41, 5.74) is 0. The maximum absolute atomic E-state index is 12.4. The van der Waals surface area contributed by atoms with Crippen LogP contribution in [0, 0.1) is 0 Å². The standard InChI is InChI=1S/C13H17BrClN3O2S/c14-9-7-12(13(15)16-8-9)21(19,20)17-10-3-5-18(6-4-10)11-1-2-11/h7-8,10-11,17H,1-6H2. The molecule has 1 aromatic rings. The van der Waals surface area contributed by atoms with Crippen molar-refractivity contribution in [1.29, 1.82) is 0 Å². The van der Waals surface area contributed by atoms with Crippen LogP contribution in [0.2, 0.25) is 5.15 Å². The largest absolute Gasteiger partial charge is 0.300 e. The molecule has 0 amide bonds. The van der Waals surface area contributed by atoms with Gasteiger partial charge < -0.3 is 4.90 Å². The molecule has 2 heterocycles. The number of nitrogens with one attached hydrogen (secondary N) is 1. The van der Waals surface area contributed by atoms with Crippen LogP contribution in [0.4, 0.5) is 0 Å². The molecule has 1 aliphatic carbocycles. The minimum Gasteiger partial charge on any atom is -0.300 e. The Labute approximate surface area is 138 Å². The van der Waals surface area contributed by atoms with Gasteiger partial charge in [0.25, 0.3) is 0 Å². The van der Waals surface area contributed by atoms with E-state index in [0.717, 1.165) is 32.0 Å². The molecule has 0 atom stereocenters. The Hall–Kier alpha value is -0.210. The van der Waals surface area contributed by atoms with E-state index >= 15 is 0 Å². The van der Waals surface area contributed by atoms with Gasteiger partial charge in [0.1, 0.15) is 10.0 Å². The van der Waals surface area contributed by atoms with Crippen molar-refractivity contribution in [1.82, 2.24) is 14.6 Å². The summed E-state index contributed by atoms with van der Waals surface area (Å²) >= 11 is 9.14. The fourth-order valence-corrected chi connectivity index (χ4v) is 4.95. The van der Waals surface area contributed by atoms with Crippen LogP contribution in [0.5, 0.6) is 0 Å². The second-order valence-electron chi connectivity index (χ2n) is 5.61. The van der Waals surface area contributed by atoms with E-state index in [9.17, 15) is 8.42 Å². The molecule has 0 aromatic carbocycles. The van der Waals surface area contributed by atoms with Gasteiger partial charge in [0, 0.05) is 22.8 Å². The lowest BCUT2D eigenvalue weighted by molar-refractivity contribution is 0.199. The Morgan fingerprint density at radius 2 is 1.95 bits per heavy atom. The number of sulfonamides is 1. The first-order chi connectivity index (χ1) is 9.95. The normalized spacial score (nSPS) is 21.6. The number of likely N-dealkylation sites (tertiary alicyclic amines) is 1. The van der Waals surface area contributed by atoms with Crippen LogP contribution < -0.4 is 4.72 Å². The van der Waals surface area contributed by atoms with Crippen molar-refractivity contribution >= 4 is 37.6 Å². The summed E-state index contributed by atoms with van der Waals surface area (Å²) < 4.78 is 28.2. The third-order valence-corrected chi connectivity index (χ3v) is 6.36. The predicted molar refractivity (Wildman–Crippen MR) is 84.9 cm³/mol. The van der Waals surface area contributed by atoms with Gasteiger partial charge in [-0.05, 0) is 60.8 Å². The van der Waals surface area contributed by atoms with Crippen LogP contribution in [0.15, 0.2) is 21.6 Å². The van der Waals surface area contributed by atoms with Crippen LogP contribution in [0.1, 0.15) is 25.7 Å². The number of halogens is 2. The zero-order chi connectivity index (χ0) is 15.0. The molecule has 1 N–H and O–H groups in total. The molecule has 2 aliphatic rings. The second kappa shape index (κ2) is 6.12. The Kier molecular flexibility index (Phi) is 4.57. The van der Waals surface area contributed by atoms with Crippen LogP contribution in [0.25, 0.3) is 0 Å². The Balaban J connectivity index is 1.67. The van der Waals surface area contributed by atoms with Crippen molar-refractivity contribution in [2.24, 2.45) is 0 Å². The molecule has 21 heavy (non-hydrogen) atoms. The summed E-state index contributed by atoms with van der Waals surface area (Å²) in [6, 6.07) is 2.20. The number of piperidine rings is 1. The summed E-state index contributed by atoms with van der Waals surface area (Å²) in [5.74, 6) is 0. The average Bonchev–Trinajstić information content (AvgIpc) is 3.26. The lowest BCUT2D eigenvalue weighted by Gasteiger charge is -2.32. The molecule has 1 aliphatic heterocycles. The zero-order valence-corrected chi connectivity index (χ0v) is 14.6. The smallest absolute Gasteiger partial charge is 0.243 e. The number of nitrogens with zero attached hydrogens (tertiary/aromatic N) is 2. The fraction of sp³-hybridized carbons (Fsp3) is 0.615. The van der Waals surface area contributed by atoms with Crippen molar-refractivity contribution in [2.45, 2.75) is 42.7 Å². The molecular weight excluding hydrogens is 378 g/mol. The maximum atomic E-state index is 12.4. The minimum atomic E-state index is -3.63. The molecule has 1 aromatic heterocycles. The van der Waals surface area contributed by atoms with E-state index in [1.54, 1.807) is 0 Å². The third-order valence-electron chi connectivity index (χ3n) is 3.98. The van der Waals surface area contributed by atoms with E-state index in [2.05, 4.69) is 30.5 Å². The van der Waals surface area contributed by atoms with E-state index in [-0.39, 0.29) is 16.1 Å². The first kappa shape index (κ1) is 15.7. The number of rotatable bonds is 4. The molecular formula is C13H17BrClN3O2S. The van der Waals surface area contributed by atoms with E-state index in [1.165, 1.54) is 25.1 Å².